The summed E-state index contributed by atoms with van der Waals surface area (Å²) in [6.45, 7) is 3.86. The van der Waals surface area contributed by atoms with Crippen LogP contribution < -0.4 is 0 Å². The first-order valence-electron chi connectivity index (χ1n) is 6.60. The van der Waals surface area contributed by atoms with Crippen molar-refractivity contribution in [3.05, 3.63) is 48.1 Å². The van der Waals surface area contributed by atoms with Crippen molar-refractivity contribution in [1.29, 1.82) is 0 Å². The maximum atomic E-state index is 4.43. The van der Waals surface area contributed by atoms with Gasteiger partial charge in [-0.25, -0.2) is 0 Å². The summed E-state index contributed by atoms with van der Waals surface area (Å²) in [5.74, 6) is 0. The van der Waals surface area contributed by atoms with Gasteiger partial charge in [0.25, 0.3) is 0 Å². The Bertz CT molecular complexity index is 525. The van der Waals surface area contributed by atoms with Crippen LogP contribution in [0.15, 0.2) is 31.0 Å². The SMILES string of the molecule is Cc1cnc(CN2CCC[C@H]2c2cnccn2)cn1. The van der Waals surface area contributed by atoms with E-state index in [-0.39, 0.29) is 0 Å². The highest BCUT2D eigenvalue weighted by Crippen LogP contribution is 2.31. The summed E-state index contributed by atoms with van der Waals surface area (Å²) in [4.78, 5) is 19.7. The van der Waals surface area contributed by atoms with Crippen LogP contribution in [0.2, 0.25) is 0 Å². The van der Waals surface area contributed by atoms with E-state index in [1.165, 1.54) is 6.42 Å². The number of rotatable bonds is 3. The fourth-order valence-electron chi connectivity index (χ4n) is 2.54. The molecule has 1 saturated heterocycles. The molecule has 0 spiro atoms. The zero-order chi connectivity index (χ0) is 13.1. The summed E-state index contributed by atoms with van der Waals surface area (Å²) in [6, 6.07) is 0.358. The van der Waals surface area contributed by atoms with E-state index in [2.05, 4.69) is 24.8 Å². The molecule has 98 valence electrons. The van der Waals surface area contributed by atoms with Gasteiger partial charge >= 0.3 is 0 Å². The highest BCUT2D eigenvalue weighted by molar-refractivity contribution is 5.07. The number of aromatic nitrogens is 4. The van der Waals surface area contributed by atoms with Gasteiger partial charge in [0, 0.05) is 37.5 Å². The largest absolute Gasteiger partial charge is 0.289 e. The van der Waals surface area contributed by atoms with Crippen molar-refractivity contribution in [1.82, 2.24) is 24.8 Å². The fourth-order valence-corrected chi connectivity index (χ4v) is 2.54. The first kappa shape index (κ1) is 12.2. The van der Waals surface area contributed by atoms with Gasteiger partial charge in [-0.1, -0.05) is 0 Å². The molecule has 0 N–H and O–H groups in total. The minimum atomic E-state index is 0.358. The Morgan fingerprint density at radius 3 is 2.84 bits per heavy atom. The number of likely N-dealkylation sites (tertiary alicyclic amines) is 1. The number of hydrogen-bond acceptors (Lipinski definition) is 5. The van der Waals surface area contributed by atoms with Gasteiger partial charge in [0.15, 0.2) is 0 Å². The molecule has 0 radical (unpaired) electrons. The lowest BCUT2D eigenvalue weighted by Crippen LogP contribution is -2.24. The van der Waals surface area contributed by atoms with Gasteiger partial charge < -0.3 is 0 Å². The average Bonchev–Trinajstić information content (AvgIpc) is 2.90. The highest BCUT2D eigenvalue weighted by Gasteiger charge is 2.27. The van der Waals surface area contributed by atoms with Gasteiger partial charge in [0.1, 0.15) is 0 Å². The second-order valence-corrected chi connectivity index (χ2v) is 4.91. The Hall–Kier alpha value is -1.88. The molecule has 3 rings (SSSR count). The van der Waals surface area contributed by atoms with E-state index in [1.54, 1.807) is 12.4 Å². The Balaban J connectivity index is 1.75. The lowest BCUT2D eigenvalue weighted by Gasteiger charge is -2.23. The average molecular weight is 255 g/mol. The van der Waals surface area contributed by atoms with Gasteiger partial charge in [0.05, 0.1) is 23.1 Å². The predicted molar refractivity (Wildman–Crippen MR) is 71.2 cm³/mol. The quantitative estimate of drug-likeness (QED) is 0.838. The zero-order valence-electron chi connectivity index (χ0n) is 11.0. The van der Waals surface area contributed by atoms with Crippen LogP contribution in [0, 0.1) is 6.92 Å². The molecule has 0 aliphatic carbocycles. The van der Waals surface area contributed by atoms with Crippen LogP contribution in [0.1, 0.15) is 36.0 Å². The highest BCUT2D eigenvalue weighted by atomic mass is 15.2. The molecule has 1 aliphatic heterocycles. The van der Waals surface area contributed by atoms with Gasteiger partial charge in [0.2, 0.25) is 0 Å². The number of hydrogen-bond donors (Lipinski definition) is 0. The van der Waals surface area contributed by atoms with E-state index < -0.39 is 0 Å². The molecule has 0 amide bonds. The molecular weight excluding hydrogens is 238 g/mol. The Morgan fingerprint density at radius 1 is 1.16 bits per heavy atom. The molecule has 2 aromatic heterocycles. The smallest absolute Gasteiger partial charge is 0.0758 e. The normalized spacial score (nSPS) is 19.7. The summed E-state index contributed by atoms with van der Waals surface area (Å²) in [6.07, 6.45) is 11.4. The summed E-state index contributed by atoms with van der Waals surface area (Å²) in [7, 11) is 0. The summed E-state index contributed by atoms with van der Waals surface area (Å²) in [5.41, 5.74) is 3.03. The zero-order valence-corrected chi connectivity index (χ0v) is 11.0. The van der Waals surface area contributed by atoms with Gasteiger partial charge in [-0.2, -0.15) is 0 Å². The molecule has 0 bridgehead atoms. The molecule has 0 aromatic carbocycles. The molecular formula is C14H17N5. The van der Waals surface area contributed by atoms with Crippen LogP contribution in [0.25, 0.3) is 0 Å². The van der Waals surface area contributed by atoms with E-state index >= 15 is 0 Å². The second kappa shape index (κ2) is 5.40. The van der Waals surface area contributed by atoms with Crippen molar-refractivity contribution in [2.45, 2.75) is 32.4 Å². The Labute approximate surface area is 112 Å². The van der Waals surface area contributed by atoms with Crippen molar-refractivity contribution in [3.8, 4) is 0 Å². The Morgan fingerprint density at radius 2 is 2.11 bits per heavy atom. The summed E-state index contributed by atoms with van der Waals surface area (Å²) < 4.78 is 0. The van der Waals surface area contributed by atoms with Crippen molar-refractivity contribution in [3.63, 3.8) is 0 Å². The van der Waals surface area contributed by atoms with Crippen molar-refractivity contribution < 1.29 is 0 Å². The topological polar surface area (TPSA) is 54.8 Å². The number of aryl methyl sites for hydroxylation is 1. The molecule has 0 unspecified atom stereocenters. The minimum Gasteiger partial charge on any atom is -0.289 e. The van der Waals surface area contributed by atoms with E-state index in [1.807, 2.05) is 25.5 Å². The monoisotopic (exact) mass is 255 g/mol. The van der Waals surface area contributed by atoms with Crippen LogP contribution in [0.5, 0.6) is 0 Å². The maximum Gasteiger partial charge on any atom is 0.0758 e. The van der Waals surface area contributed by atoms with Crippen LogP contribution >= 0.6 is 0 Å². The van der Waals surface area contributed by atoms with Gasteiger partial charge in [-0.3, -0.25) is 24.8 Å². The van der Waals surface area contributed by atoms with Gasteiger partial charge in [-0.05, 0) is 26.3 Å². The molecule has 1 fully saturated rings. The van der Waals surface area contributed by atoms with Crippen LogP contribution in [-0.4, -0.2) is 31.4 Å². The third kappa shape index (κ3) is 2.76. The first-order valence-corrected chi connectivity index (χ1v) is 6.60. The van der Waals surface area contributed by atoms with Crippen LogP contribution in [0.4, 0.5) is 0 Å². The molecule has 1 atom stereocenters. The predicted octanol–water partition coefficient (Wildman–Crippen LogP) is 1.91. The Kier molecular flexibility index (Phi) is 3.46. The maximum absolute atomic E-state index is 4.43. The summed E-state index contributed by atoms with van der Waals surface area (Å²) in [5, 5.41) is 0. The van der Waals surface area contributed by atoms with Gasteiger partial charge in [-0.15, -0.1) is 0 Å². The molecule has 3 heterocycles. The third-order valence-corrected chi connectivity index (χ3v) is 3.49. The van der Waals surface area contributed by atoms with Crippen molar-refractivity contribution in [2.75, 3.05) is 6.54 Å². The first-order chi connectivity index (χ1) is 9.33. The standard InChI is InChI=1S/C14H17N5/c1-11-7-18-12(8-17-11)10-19-6-2-3-14(19)13-9-15-4-5-16-13/h4-5,7-9,14H,2-3,6,10H2,1H3/t14-/m0/s1. The fraction of sp³-hybridized carbons (Fsp3) is 0.429. The van der Waals surface area contributed by atoms with Crippen molar-refractivity contribution in [2.24, 2.45) is 0 Å². The third-order valence-electron chi connectivity index (χ3n) is 3.49. The van der Waals surface area contributed by atoms with Crippen LogP contribution in [0.3, 0.4) is 0 Å². The minimum absolute atomic E-state index is 0.358. The van der Waals surface area contributed by atoms with E-state index in [0.717, 1.165) is 36.6 Å². The molecule has 5 heteroatoms. The molecule has 2 aromatic rings. The van der Waals surface area contributed by atoms with E-state index in [4.69, 9.17) is 0 Å². The van der Waals surface area contributed by atoms with E-state index in [0.29, 0.717) is 6.04 Å². The molecule has 19 heavy (non-hydrogen) atoms. The molecule has 5 nitrogen and oxygen atoms in total. The number of nitrogens with zero attached hydrogens (tertiary/aromatic N) is 5. The van der Waals surface area contributed by atoms with Crippen molar-refractivity contribution >= 4 is 0 Å². The lowest BCUT2D eigenvalue weighted by atomic mass is 10.1. The van der Waals surface area contributed by atoms with E-state index in [9.17, 15) is 0 Å². The summed E-state index contributed by atoms with van der Waals surface area (Å²) >= 11 is 0. The molecule has 1 aliphatic rings. The second-order valence-electron chi connectivity index (χ2n) is 4.91. The van der Waals surface area contributed by atoms with Crippen LogP contribution in [-0.2, 0) is 6.54 Å². The molecule has 0 saturated carbocycles. The lowest BCUT2D eigenvalue weighted by molar-refractivity contribution is 0.240.